The molecule has 1 amide bonds. The number of carbonyl (C=O) groups excluding carboxylic acids is 2. The first-order valence-electron chi connectivity index (χ1n) is 8.00. The van der Waals surface area contributed by atoms with Crippen LogP contribution in [-0.4, -0.2) is 17.1 Å². The number of hydrogen-bond donors (Lipinski definition) is 1. The summed E-state index contributed by atoms with van der Waals surface area (Å²) in [5.41, 5.74) is 0.782. The van der Waals surface area contributed by atoms with Crippen molar-refractivity contribution in [3.8, 4) is 0 Å². The maximum absolute atomic E-state index is 12.2. The third kappa shape index (κ3) is 3.45. The number of amides is 1. The van der Waals surface area contributed by atoms with Crippen LogP contribution in [0.25, 0.3) is 10.1 Å². The standard InChI is InChI=1S/C19H14ClNO3S2/c20-18-11-5-1-3-7-13(11)25-16(18)10-24-17(22)9-15-19(23)21-12-6-2-4-8-14(12)26-15/h1-8,15H,9-10H2,(H,21,23)/t15-/m1/s1. The number of para-hydroxylation sites is 1. The van der Waals surface area contributed by atoms with Crippen LogP contribution in [0.15, 0.2) is 53.4 Å². The van der Waals surface area contributed by atoms with Crippen molar-refractivity contribution < 1.29 is 14.3 Å². The van der Waals surface area contributed by atoms with Crippen LogP contribution in [0.3, 0.4) is 0 Å². The van der Waals surface area contributed by atoms with Crippen molar-refractivity contribution in [2.75, 3.05) is 5.32 Å². The highest BCUT2D eigenvalue weighted by atomic mass is 35.5. The molecule has 0 radical (unpaired) electrons. The van der Waals surface area contributed by atoms with Crippen LogP contribution in [-0.2, 0) is 20.9 Å². The summed E-state index contributed by atoms with van der Waals surface area (Å²) in [5, 5.41) is 3.92. The molecule has 1 atom stereocenters. The van der Waals surface area contributed by atoms with E-state index in [2.05, 4.69) is 5.32 Å². The summed E-state index contributed by atoms with van der Waals surface area (Å²) >= 11 is 9.26. The number of esters is 1. The number of thioether (sulfide) groups is 1. The molecule has 1 aromatic heterocycles. The Labute approximate surface area is 163 Å². The lowest BCUT2D eigenvalue weighted by Gasteiger charge is -2.23. The average Bonchev–Trinajstić information content (AvgIpc) is 2.97. The Hall–Kier alpha value is -2.02. The number of halogens is 1. The molecule has 2 heterocycles. The zero-order valence-corrected chi connectivity index (χ0v) is 15.9. The molecule has 0 aliphatic carbocycles. The molecule has 2 aromatic carbocycles. The lowest BCUT2D eigenvalue weighted by molar-refractivity contribution is -0.145. The Morgan fingerprint density at radius 3 is 2.77 bits per heavy atom. The van der Waals surface area contributed by atoms with Crippen LogP contribution in [0.2, 0.25) is 5.02 Å². The van der Waals surface area contributed by atoms with E-state index in [0.29, 0.717) is 5.02 Å². The first kappa shape index (κ1) is 17.4. The number of hydrogen-bond acceptors (Lipinski definition) is 5. The van der Waals surface area contributed by atoms with Crippen LogP contribution in [0.5, 0.6) is 0 Å². The first-order chi connectivity index (χ1) is 12.6. The molecule has 26 heavy (non-hydrogen) atoms. The van der Waals surface area contributed by atoms with Gasteiger partial charge in [-0.25, -0.2) is 0 Å². The third-order valence-electron chi connectivity index (χ3n) is 4.02. The lowest BCUT2D eigenvalue weighted by atomic mass is 10.2. The molecule has 1 N–H and O–H groups in total. The quantitative estimate of drug-likeness (QED) is 0.615. The second kappa shape index (κ2) is 7.31. The maximum Gasteiger partial charge on any atom is 0.307 e. The minimum atomic E-state index is -0.490. The minimum Gasteiger partial charge on any atom is -0.460 e. The van der Waals surface area contributed by atoms with Gasteiger partial charge in [-0.1, -0.05) is 41.9 Å². The Bertz CT molecular complexity index is 1000. The summed E-state index contributed by atoms with van der Waals surface area (Å²) < 4.78 is 6.43. The van der Waals surface area contributed by atoms with E-state index < -0.39 is 11.2 Å². The van der Waals surface area contributed by atoms with Crippen LogP contribution < -0.4 is 5.32 Å². The van der Waals surface area contributed by atoms with Crippen molar-refractivity contribution in [2.24, 2.45) is 0 Å². The van der Waals surface area contributed by atoms with Gasteiger partial charge in [0.05, 0.1) is 27.3 Å². The summed E-state index contributed by atoms with van der Waals surface area (Å²) in [4.78, 5) is 26.2. The number of nitrogens with one attached hydrogen (secondary N) is 1. The number of ether oxygens (including phenoxy) is 1. The molecule has 3 aromatic rings. The molecule has 0 saturated heterocycles. The molecular formula is C19H14ClNO3S2. The van der Waals surface area contributed by atoms with Gasteiger partial charge in [-0.2, -0.15) is 0 Å². The summed E-state index contributed by atoms with van der Waals surface area (Å²) in [6.07, 6.45) is 0.0212. The molecule has 4 rings (SSSR count). The van der Waals surface area contributed by atoms with E-state index >= 15 is 0 Å². The molecule has 0 bridgehead atoms. The summed E-state index contributed by atoms with van der Waals surface area (Å²) in [5.74, 6) is -0.587. The molecule has 0 saturated carbocycles. The van der Waals surface area contributed by atoms with Crippen molar-refractivity contribution in [3.05, 3.63) is 58.4 Å². The molecule has 132 valence electrons. The van der Waals surface area contributed by atoms with Gasteiger partial charge in [-0.3, -0.25) is 9.59 Å². The van der Waals surface area contributed by atoms with Gasteiger partial charge in [0.2, 0.25) is 5.91 Å². The van der Waals surface area contributed by atoms with Crippen molar-refractivity contribution in [1.82, 2.24) is 0 Å². The third-order valence-corrected chi connectivity index (χ3v) is 6.99. The molecule has 4 nitrogen and oxygen atoms in total. The second-order valence-corrected chi connectivity index (χ2v) is 8.55. The summed E-state index contributed by atoms with van der Waals surface area (Å²) in [6.45, 7) is 0.118. The van der Waals surface area contributed by atoms with E-state index in [1.54, 1.807) is 0 Å². The maximum atomic E-state index is 12.2. The van der Waals surface area contributed by atoms with Gasteiger partial charge in [0.25, 0.3) is 0 Å². The number of fused-ring (bicyclic) bond motifs is 2. The van der Waals surface area contributed by atoms with Gasteiger partial charge >= 0.3 is 5.97 Å². The van der Waals surface area contributed by atoms with Crippen LogP contribution in [0.4, 0.5) is 5.69 Å². The fourth-order valence-corrected chi connectivity index (χ4v) is 5.24. The van der Waals surface area contributed by atoms with Gasteiger partial charge in [-0.05, 0) is 18.2 Å². The smallest absolute Gasteiger partial charge is 0.307 e. The van der Waals surface area contributed by atoms with Crippen LogP contribution in [0, 0.1) is 0 Å². The zero-order chi connectivity index (χ0) is 18.1. The Morgan fingerprint density at radius 2 is 1.92 bits per heavy atom. The Morgan fingerprint density at radius 1 is 1.15 bits per heavy atom. The lowest BCUT2D eigenvalue weighted by Crippen LogP contribution is -2.31. The topological polar surface area (TPSA) is 55.4 Å². The molecule has 0 unspecified atom stereocenters. The van der Waals surface area contributed by atoms with Gasteiger partial charge < -0.3 is 10.1 Å². The highest BCUT2D eigenvalue weighted by molar-refractivity contribution is 8.01. The molecule has 7 heteroatoms. The van der Waals surface area contributed by atoms with Crippen LogP contribution >= 0.6 is 34.7 Å². The first-order valence-corrected chi connectivity index (χ1v) is 10.1. The van der Waals surface area contributed by atoms with Crippen molar-refractivity contribution in [2.45, 2.75) is 23.2 Å². The normalized spacial score (nSPS) is 16.2. The van der Waals surface area contributed by atoms with E-state index in [0.717, 1.165) is 25.5 Å². The predicted octanol–water partition coefficient (Wildman–Crippen LogP) is 5.10. The van der Waals surface area contributed by atoms with Crippen molar-refractivity contribution in [3.63, 3.8) is 0 Å². The van der Waals surface area contributed by atoms with E-state index in [4.69, 9.17) is 16.3 Å². The van der Waals surface area contributed by atoms with Gasteiger partial charge in [0, 0.05) is 15.0 Å². The van der Waals surface area contributed by atoms with Gasteiger partial charge in [-0.15, -0.1) is 23.1 Å². The summed E-state index contributed by atoms with van der Waals surface area (Å²) in [7, 11) is 0. The van der Waals surface area contributed by atoms with E-state index in [9.17, 15) is 9.59 Å². The monoisotopic (exact) mass is 403 g/mol. The van der Waals surface area contributed by atoms with Crippen LogP contribution in [0.1, 0.15) is 11.3 Å². The number of benzene rings is 2. The Balaban J connectivity index is 1.40. The highest BCUT2D eigenvalue weighted by Gasteiger charge is 2.29. The van der Waals surface area contributed by atoms with Gasteiger partial charge in [0.1, 0.15) is 6.61 Å². The number of anilines is 1. The zero-order valence-electron chi connectivity index (χ0n) is 13.5. The highest BCUT2D eigenvalue weighted by Crippen LogP contribution is 2.37. The second-order valence-electron chi connectivity index (χ2n) is 5.79. The molecule has 0 spiro atoms. The number of rotatable bonds is 4. The van der Waals surface area contributed by atoms with Crippen molar-refractivity contribution in [1.29, 1.82) is 0 Å². The molecule has 0 fully saturated rings. The molecular weight excluding hydrogens is 390 g/mol. The van der Waals surface area contributed by atoms with Crippen molar-refractivity contribution >= 4 is 62.3 Å². The number of thiophene rings is 1. The fourth-order valence-electron chi connectivity index (χ4n) is 2.74. The number of carbonyl (C=O) groups is 2. The SMILES string of the molecule is O=C(C[C@H]1Sc2ccccc2NC1=O)OCc1sc2ccccc2c1Cl. The largest absolute Gasteiger partial charge is 0.460 e. The Kier molecular flexibility index (Phi) is 4.89. The minimum absolute atomic E-state index is 0.0212. The molecule has 1 aliphatic rings. The summed E-state index contributed by atoms with van der Waals surface area (Å²) in [6, 6.07) is 15.3. The predicted molar refractivity (Wildman–Crippen MR) is 106 cm³/mol. The fraction of sp³-hybridized carbons (Fsp3) is 0.158. The van der Waals surface area contributed by atoms with E-state index in [-0.39, 0.29) is 18.9 Å². The van der Waals surface area contributed by atoms with Gasteiger partial charge in [0.15, 0.2) is 0 Å². The van der Waals surface area contributed by atoms with E-state index in [1.165, 1.54) is 23.1 Å². The molecule has 1 aliphatic heterocycles. The average molecular weight is 404 g/mol. The van der Waals surface area contributed by atoms with E-state index in [1.807, 2.05) is 48.5 Å².